The Morgan fingerprint density at radius 3 is 2.73 bits per heavy atom. The van der Waals surface area contributed by atoms with Crippen LogP contribution in [-0.4, -0.2) is 25.0 Å². The molecule has 0 fully saturated rings. The van der Waals surface area contributed by atoms with Gasteiger partial charge in [0.2, 0.25) is 5.95 Å². The van der Waals surface area contributed by atoms with Gasteiger partial charge in [-0.15, -0.1) is 0 Å². The fraction of sp³-hybridized carbons (Fsp3) is 0. The molecule has 22 heavy (non-hydrogen) atoms. The largest absolute Gasteiger partial charge is 0.495 e. The molecule has 6 nitrogen and oxygen atoms in total. The Kier molecular flexibility index (Phi) is 2.79. The van der Waals surface area contributed by atoms with Gasteiger partial charge in [-0.2, -0.15) is 0 Å². The van der Waals surface area contributed by atoms with Gasteiger partial charge in [-0.3, -0.25) is 4.98 Å². The van der Waals surface area contributed by atoms with E-state index in [1.807, 2.05) is 36.5 Å². The van der Waals surface area contributed by atoms with Crippen LogP contribution in [0.5, 0.6) is 5.88 Å². The molecule has 0 aliphatic carbocycles. The molecule has 1 aromatic carbocycles. The zero-order valence-corrected chi connectivity index (χ0v) is 11.5. The monoisotopic (exact) mass is 291 g/mol. The quantitative estimate of drug-likeness (QED) is 0.465. The van der Waals surface area contributed by atoms with Gasteiger partial charge < -0.3 is 20.4 Å². The number of aromatic amines is 2. The maximum Gasteiger partial charge on any atom is 0.206 e. The molecule has 0 aliphatic heterocycles. The number of H-pyrrole nitrogens is 2. The maximum atomic E-state index is 9.30. The summed E-state index contributed by atoms with van der Waals surface area (Å²) in [6, 6.07) is 13.3. The number of imidazole rings is 1. The van der Waals surface area contributed by atoms with Crippen LogP contribution in [0.1, 0.15) is 0 Å². The zero-order chi connectivity index (χ0) is 14.9. The number of aromatic hydroxyl groups is 1. The lowest BCUT2D eigenvalue weighted by atomic mass is 10.1. The molecule has 4 N–H and O–H groups in total. The third-order valence-electron chi connectivity index (χ3n) is 3.40. The molecule has 0 bridgehead atoms. The van der Waals surface area contributed by atoms with E-state index in [2.05, 4.69) is 25.3 Å². The second-order valence-corrected chi connectivity index (χ2v) is 4.94. The number of hydrogen-bond acceptors (Lipinski definition) is 4. The van der Waals surface area contributed by atoms with Gasteiger partial charge in [0.05, 0.1) is 11.0 Å². The number of hydrogen-bond donors (Lipinski definition) is 4. The number of benzene rings is 1. The van der Waals surface area contributed by atoms with Crippen molar-refractivity contribution in [1.82, 2.24) is 19.9 Å². The van der Waals surface area contributed by atoms with E-state index < -0.39 is 0 Å². The fourth-order valence-electron chi connectivity index (χ4n) is 2.37. The summed E-state index contributed by atoms with van der Waals surface area (Å²) in [5.41, 5.74) is 3.93. The summed E-state index contributed by atoms with van der Waals surface area (Å²) in [6.45, 7) is 0. The molecule has 108 valence electrons. The average Bonchev–Trinajstić information content (AvgIpc) is 3.13. The number of nitrogens with zero attached hydrogens (tertiary/aromatic N) is 2. The van der Waals surface area contributed by atoms with E-state index in [9.17, 15) is 5.11 Å². The van der Waals surface area contributed by atoms with Crippen molar-refractivity contribution in [2.24, 2.45) is 0 Å². The lowest BCUT2D eigenvalue weighted by Gasteiger charge is -1.99. The highest BCUT2D eigenvalue weighted by Crippen LogP contribution is 2.24. The second kappa shape index (κ2) is 4.92. The first-order chi connectivity index (χ1) is 10.8. The van der Waals surface area contributed by atoms with Gasteiger partial charge in [0, 0.05) is 24.0 Å². The summed E-state index contributed by atoms with van der Waals surface area (Å²) >= 11 is 0. The van der Waals surface area contributed by atoms with Crippen molar-refractivity contribution in [2.45, 2.75) is 0 Å². The topological polar surface area (TPSA) is 89.6 Å². The van der Waals surface area contributed by atoms with Crippen LogP contribution in [0.25, 0.3) is 22.2 Å². The molecule has 6 heteroatoms. The standard InChI is InChI=1S/C16H13N5O/c22-15-6-5-14(20-15)21-16-18-12-4-3-10(8-13(12)19-16)11-2-1-7-17-9-11/h1-9,20,22H,(H2,18,19,21). The summed E-state index contributed by atoms with van der Waals surface area (Å²) < 4.78 is 0. The van der Waals surface area contributed by atoms with Gasteiger partial charge in [0.15, 0.2) is 5.88 Å². The molecule has 3 heterocycles. The summed E-state index contributed by atoms with van der Waals surface area (Å²) in [4.78, 5) is 14.6. The smallest absolute Gasteiger partial charge is 0.206 e. The molecule has 4 rings (SSSR count). The van der Waals surface area contributed by atoms with E-state index >= 15 is 0 Å². The summed E-state index contributed by atoms with van der Waals surface area (Å²) in [7, 11) is 0. The predicted molar refractivity (Wildman–Crippen MR) is 85.1 cm³/mol. The van der Waals surface area contributed by atoms with Crippen molar-refractivity contribution in [3.63, 3.8) is 0 Å². The molecular formula is C16H13N5O. The highest BCUT2D eigenvalue weighted by Gasteiger charge is 2.06. The van der Waals surface area contributed by atoms with Crippen molar-refractivity contribution >= 4 is 22.8 Å². The van der Waals surface area contributed by atoms with E-state index in [0.29, 0.717) is 11.8 Å². The molecule has 0 amide bonds. The van der Waals surface area contributed by atoms with Gasteiger partial charge in [0.1, 0.15) is 5.82 Å². The average molecular weight is 291 g/mol. The normalized spacial score (nSPS) is 10.9. The van der Waals surface area contributed by atoms with Gasteiger partial charge in [-0.25, -0.2) is 4.98 Å². The number of pyridine rings is 1. The molecule has 0 aliphatic rings. The van der Waals surface area contributed by atoms with Crippen LogP contribution < -0.4 is 5.32 Å². The first kappa shape index (κ1) is 12.5. The van der Waals surface area contributed by atoms with Crippen molar-refractivity contribution in [3.05, 3.63) is 54.9 Å². The Bertz CT molecular complexity index is 926. The Labute approximate surface area is 125 Å². The minimum Gasteiger partial charge on any atom is -0.495 e. The molecule has 0 atom stereocenters. The van der Waals surface area contributed by atoms with Crippen LogP contribution in [0.15, 0.2) is 54.9 Å². The minimum atomic E-state index is 0.109. The van der Waals surface area contributed by atoms with Gasteiger partial charge in [-0.05, 0) is 29.8 Å². The van der Waals surface area contributed by atoms with Crippen molar-refractivity contribution in [2.75, 3.05) is 5.32 Å². The Balaban J connectivity index is 1.69. The summed E-state index contributed by atoms with van der Waals surface area (Å²) in [5.74, 6) is 1.39. The van der Waals surface area contributed by atoms with Crippen molar-refractivity contribution < 1.29 is 5.11 Å². The number of nitrogens with one attached hydrogen (secondary N) is 3. The molecule has 3 aromatic heterocycles. The van der Waals surface area contributed by atoms with E-state index in [0.717, 1.165) is 22.2 Å². The van der Waals surface area contributed by atoms with Crippen LogP contribution in [0.4, 0.5) is 11.8 Å². The minimum absolute atomic E-state index is 0.109. The van der Waals surface area contributed by atoms with Crippen molar-refractivity contribution in [1.29, 1.82) is 0 Å². The Hall–Kier alpha value is -3.28. The number of anilines is 2. The lowest BCUT2D eigenvalue weighted by molar-refractivity contribution is 0.457. The van der Waals surface area contributed by atoms with Crippen LogP contribution in [-0.2, 0) is 0 Å². The van der Waals surface area contributed by atoms with Gasteiger partial charge in [-0.1, -0.05) is 12.1 Å². The van der Waals surface area contributed by atoms with Crippen molar-refractivity contribution in [3.8, 4) is 17.0 Å². The predicted octanol–water partition coefficient (Wildman–Crippen LogP) is 3.40. The fourth-order valence-corrected chi connectivity index (χ4v) is 2.37. The van der Waals surface area contributed by atoms with E-state index in [1.54, 1.807) is 18.3 Å². The molecule has 0 unspecified atom stereocenters. The van der Waals surface area contributed by atoms with E-state index in [4.69, 9.17) is 0 Å². The van der Waals surface area contributed by atoms with Gasteiger partial charge >= 0.3 is 0 Å². The molecule has 0 radical (unpaired) electrons. The third-order valence-corrected chi connectivity index (χ3v) is 3.40. The number of fused-ring (bicyclic) bond motifs is 1. The second-order valence-electron chi connectivity index (χ2n) is 4.94. The maximum absolute atomic E-state index is 9.30. The summed E-state index contributed by atoms with van der Waals surface area (Å²) in [5, 5.41) is 12.4. The highest BCUT2D eigenvalue weighted by atomic mass is 16.3. The van der Waals surface area contributed by atoms with Crippen LogP contribution in [0.3, 0.4) is 0 Å². The Morgan fingerprint density at radius 1 is 1.00 bits per heavy atom. The van der Waals surface area contributed by atoms with Crippen LogP contribution >= 0.6 is 0 Å². The number of aromatic nitrogens is 4. The highest BCUT2D eigenvalue weighted by molar-refractivity contribution is 5.83. The SMILES string of the molecule is Oc1ccc(Nc2nc3ccc(-c4cccnc4)cc3[nH]2)[nH]1. The Morgan fingerprint density at radius 2 is 1.95 bits per heavy atom. The molecule has 0 saturated carbocycles. The van der Waals surface area contributed by atoms with Crippen LogP contribution in [0, 0.1) is 0 Å². The van der Waals surface area contributed by atoms with Gasteiger partial charge in [0.25, 0.3) is 0 Å². The molecule has 0 spiro atoms. The zero-order valence-electron chi connectivity index (χ0n) is 11.5. The number of rotatable bonds is 3. The summed E-state index contributed by atoms with van der Waals surface area (Å²) in [6.07, 6.45) is 3.59. The lowest BCUT2D eigenvalue weighted by Crippen LogP contribution is -1.91. The first-order valence-electron chi connectivity index (χ1n) is 6.83. The van der Waals surface area contributed by atoms with Crippen LogP contribution in [0.2, 0.25) is 0 Å². The first-order valence-corrected chi connectivity index (χ1v) is 6.83. The molecule has 0 saturated heterocycles. The molecule has 4 aromatic rings. The van der Waals surface area contributed by atoms with E-state index in [-0.39, 0.29) is 5.88 Å². The third kappa shape index (κ3) is 2.26. The van der Waals surface area contributed by atoms with E-state index in [1.165, 1.54) is 0 Å². The molecular weight excluding hydrogens is 278 g/mol.